The van der Waals surface area contributed by atoms with Crippen molar-refractivity contribution < 1.29 is 23.9 Å². The molecular weight excluding hydrogens is 552 g/mol. The van der Waals surface area contributed by atoms with Crippen molar-refractivity contribution >= 4 is 35.1 Å². The molecule has 2 atom stereocenters. The normalized spacial score (nSPS) is 21.0. The van der Waals surface area contributed by atoms with E-state index in [9.17, 15) is 19.2 Å². The van der Waals surface area contributed by atoms with E-state index in [2.05, 4.69) is 29.6 Å². The van der Waals surface area contributed by atoms with Crippen molar-refractivity contribution in [2.24, 2.45) is 11.8 Å². The molecule has 0 saturated carbocycles. The first-order valence-electron chi connectivity index (χ1n) is 15.2. The van der Waals surface area contributed by atoms with Gasteiger partial charge in [0.25, 0.3) is 5.91 Å². The molecule has 1 fully saturated rings. The lowest BCUT2D eigenvalue weighted by Gasteiger charge is -2.45. The van der Waals surface area contributed by atoms with E-state index < -0.39 is 30.3 Å². The Morgan fingerprint density at radius 1 is 0.682 bits per heavy atom. The molecule has 0 aromatic heterocycles. The van der Waals surface area contributed by atoms with Gasteiger partial charge in [0.05, 0.1) is 23.1 Å². The van der Waals surface area contributed by atoms with Gasteiger partial charge < -0.3 is 10.1 Å². The topological polar surface area (TPSA) is 92.8 Å². The number of amides is 3. The van der Waals surface area contributed by atoms with Crippen LogP contribution < -0.4 is 10.2 Å². The van der Waals surface area contributed by atoms with E-state index in [4.69, 9.17) is 4.74 Å². The van der Waals surface area contributed by atoms with E-state index in [1.165, 1.54) is 17.0 Å². The number of nitrogens with one attached hydrogen (secondary N) is 1. The number of benzene rings is 4. The van der Waals surface area contributed by atoms with E-state index >= 15 is 0 Å². The summed E-state index contributed by atoms with van der Waals surface area (Å²) >= 11 is 0. The third kappa shape index (κ3) is 4.26. The molecule has 4 aromatic rings. The van der Waals surface area contributed by atoms with Gasteiger partial charge in [-0.05, 0) is 70.5 Å². The maximum Gasteiger partial charge on any atom is 0.338 e. The molecule has 1 aliphatic heterocycles. The van der Waals surface area contributed by atoms with Crippen LogP contribution in [-0.2, 0) is 32.0 Å². The lowest BCUT2D eigenvalue weighted by molar-refractivity contribution is -0.122. The fraction of sp³-hybridized carbons (Fsp3) is 0.243. The summed E-state index contributed by atoms with van der Waals surface area (Å²) in [4.78, 5) is 54.7. The largest absolute Gasteiger partial charge is 0.452 e. The maximum absolute atomic E-state index is 14.0. The summed E-state index contributed by atoms with van der Waals surface area (Å²) in [6.45, 7) is 3.61. The number of para-hydroxylation sites is 1. The van der Waals surface area contributed by atoms with Gasteiger partial charge in [-0.2, -0.15) is 0 Å². The second kappa shape index (κ2) is 10.9. The van der Waals surface area contributed by atoms with E-state index in [0.717, 1.165) is 51.9 Å². The number of hydrogen-bond acceptors (Lipinski definition) is 5. The van der Waals surface area contributed by atoms with Crippen LogP contribution in [0.5, 0.6) is 0 Å². The number of rotatable bonds is 7. The minimum atomic E-state index is -0.664. The van der Waals surface area contributed by atoms with Crippen LogP contribution >= 0.6 is 0 Å². The summed E-state index contributed by atoms with van der Waals surface area (Å²) in [5, 5.41) is 2.90. The Labute approximate surface area is 255 Å². The Bertz CT molecular complexity index is 1690. The third-order valence-electron chi connectivity index (χ3n) is 9.41. The Hall–Kier alpha value is -5.04. The number of carbonyl (C=O) groups excluding carboxylic acids is 4. The quantitative estimate of drug-likeness (QED) is 0.212. The van der Waals surface area contributed by atoms with Crippen LogP contribution in [0, 0.1) is 11.8 Å². The van der Waals surface area contributed by atoms with Gasteiger partial charge in [-0.1, -0.05) is 80.6 Å². The molecule has 2 bridgehead atoms. The maximum atomic E-state index is 14.0. The van der Waals surface area contributed by atoms with Crippen LogP contribution in [-0.4, -0.2) is 30.3 Å². The van der Waals surface area contributed by atoms with Crippen LogP contribution in [0.4, 0.5) is 11.4 Å². The Morgan fingerprint density at radius 3 is 1.61 bits per heavy atom. The zero-order valence-electron chi connectivity index (χ0n) is 24.6. The molecule has 44 heavy (non-hydrogen) atoms. The molecule has 1 heterocycles. The number of hydrogen-bond donors (Lipinski definition) is 1. The standard InChI is InChI=1S/C37H32N2O5/c1-3-21-10-9-11-22(4-2)34(21)38-29(40)20-44-37(43)23-16-18-24(19-17-23)39-35(41)32-30-25-12-5-6-13-26(25)31(33(32)36(39)42)28-15-8-7-14-27(28)30/h5-19,30-33H,3-4,20H2,1-2H3,(H,38,40)/t30?,31?,32-,33+. The highest BCUT2D eigenvalue weighted by molar-refractivity contribution is 6.23. The third-order valence-corrected chi connectivity index (χ3v) is 9.41. The SMILES string of the molecule is CCc1cccc(CC)c1NC(=O)COC(=O)c1ccc(N2C(=O)[C@@H]3C4c5ccccc5C(c5ccccc54)[C@@H]3C2=O)cc1. The summed E-state index contributed by atoms with van der Waals surface area (Å²) in [7, 11) is 0. The van der Waals surface area contributed by atoms with Crippen molar-refractivity contribution in [3.8, 4) is 0 Å². The number of esters is 1. The molecule has 8 rings (SSSR count). The Morgan fingerprint density at radius 2 is 1.16 bits per heavy atom. The first-order valence-corrected chi connectivity index (χ1v) is 15.2. The molecule has 4 aliphatic rings. The van der Waals surface area contributed by atoms with E-state index in [1.807, 2.05) is 56.3 Å². The summed E-state index contributed by atoms with van der Waals surface area (Å²) < 4.78 is 5.30. The van der Waals surface area contributed by atoms with Crippen molar-refractivity contribution in [1.82, 2.24) is 0 Å². The predicted octanol–water partition coefficient (Wildman–Crippen LogP) is 6.00. The lowest BCUT2D eigenvalue weighted by Crippen LogP contribution is -2.41. The van der Waals surface area contributed by atoms with Crippen molar-refractivity contribution in [3.63, 3.8) is 0 Å². The molecule has 0 radical (unpaired) electrons. The van der Waals surface area contributed by atoms with Crippen LogP contribution in [0.2, 0.25) is 0 Å². The molecule has 7 nitrogen and oxygen atoms in total. The summed E-state index contributed by atoms with van der Waals surface area (Å²) in [6, 6.07) is 28.4. The van der Waals surface area contributed by atoms with E-state index in [1.54, 1.807) is 12.1 Å². The molecule has 0 unspecified atom stereocenters. The lowest BCUT2D eigenvalue weighted by atomic mass is 9.55. The van der Waals surface area contributed by atoms with Crippen molar-refractivity contribution in [2.75, 3.05) is 16.8 Å². The number of aryl methyl sites for hydroxylation is 2. The van der Waals surface area contributed by atoms with Gasteiger partial charge in [0.15, 0.2) is 6.61 Å². The second-order valence-corrected chi connectivity index (χ2v) is 11.6. The second-order valence-electron chi connectivity index (χ2n) is 11.6. The molecule has 1 N–H and O–H groups in total. The monoisotopic (exact) mass is 584 g/mol. The fourth-order valence-electron chi connectivity index (χ4n) is 7.47. The fourth-order valence-corrected chi connectivity index (χ4v) is 7.47. The minimum Gasteiger partial charge on any atom is -0.452 e. The van der Waals surface area contributed by atoms with Gasteiger partial charge in [0, 0.05) is 17.5 Å². The first kappa shape index (κ1) is 27.8. The van der Waals surface area contributed by atoms with Crippen molar-refractivity contribution in [2.45, 2.75) is 38.5 Å². The van der Waals surface area contributed by atoms with Crippen LogP contribution in [0.3, 0.4) is 0 Å². The number of carbonyl (C=O) groups is 4. The minimum absolute atomic E-state index is 0.183. The highest BCUT2D eigenvalue weighted by Gasteiger charge is 2.61. The van der Waals surface area contributed by atoms with Gasteiger partial charge >= 0.3 is 5.97 Å². The predicted molar refractivity (Wildman–Crippen MR) is 167 cm³/mol. The van der Waals surface area contributed by atoms with Crippen LogP contribution in [0.15, 0.2) is 91.0 Å². The smallest absolute Gasteiger partial charge is 0.338 e. The number of anilines is 2. The van der Waals surface area contributed by atoms with Crippen LogP contribution in [0.25, 0.3) is 0 Å². The van der Waals surface area contributed by atoms with Gasteiger partial charge in [-0.25, -0.2) is 9.69 Å². The van der Waals surface area contributed by atoms with Gasteiger partial charge in [0.2, 0.25) is 11.8 Å². The van der Waals surface area contributed by atoms with Crippen molar-refractivity contribution in [1.29, 1.82) is 0 Å². The molecule has 3 amide bonds. The molecule has 4 aromatic carbocycles. The van der Waals surface area contributed by atoms with Gasteiger partial charge in [-0.15, -0.1) is 0 Å². The van der Waals surface area contributed by atoms with Gasteiger partial charge in [0.1, 0.15) is 0 Å². The average molecular weight is 585 g/mol. The number of ether oxygens (including phenoxy) is 1. The average Bonchev–Trinajstić information content (AvgIpc) is 3.33. The first-order chi connectivity index (χ1) is 21.4. The molecule has 7 heteroatoms. The summed E-state index contributed by atoms with van der Waals surface area (Å²) in [6.07, 6.45) is 1.53. The zero-order valence-corrected chi connectivity index (χ0v) is 24.6. The number of imide groups is 1. The van der Waals surface area contributed by atoms with Gasteiger partial charge in [-0.3, -0.25) is 14.4 Å². The number of nitrogens with zero attached hydrogens (tertiary/aromatic N) is 1. The summed E-state index contributed by atoms with van der Waals surface area (Å²) in [5.41, 5.74) is 7.91. The summed E-state index contributed by atoms with van der Waals surface area (Å²) in [5.74, 6) is -2.84. The van der Waals surface area contributed by atoms with Crippen molar-refractivity contribution in [3.05, 3.63) is 130 Å². The van der Waals surface area contributed by atoms with E-state index in [0.29, 0.717) is 5.69 Å². The zero-order chi connectivity index (χ0) is 30.5. The molecule has 3 aliphatic carbocycles. The molecular formula is C37H32N2O5. The molecule has 0 spiro atoms. The highest BCUT2D eigenvalue weighted by atomic mass is 16.5. The molecule has 220 valence electrons. The molecule has 1 saturated heterocycles. The highest BCUT2D eigenvalue weighted by Crippen LogP contribution is 2.61. The Balaban J connectivity index is 1.08. The van der Waals surface area contributed by atoms with E-state index in [-0.39, 0.29) is 29.2 Å². The van der Waals surface area contributed by atoms with Crippen LogP contribution in [0.1, 0.15) is 69.4 Å². The Kier molecular flexibility index (Phi) is 6.88.